The molecule has 1 heterocycles. The molecule has 1 N–H and O–H groups in total. The molecule has 0 aliphatic heterocycles. The second-order valence-corrected chi connectivity index (χ2v) is 4.10. The molecular weight excluding hydrogens is 258 g/mol. The number of rotatable bonds is 6. The molecule has 0 fully saturated rings. The Hall–Kier alpha value is -0.840. The molecule has 0 saturated carbocycles. The lowest BCUT2D eigenvalue weighted by molar-refractivity contribution is 0.0758. The summed E-state index contributed by atoms with van der Waals surface area (Å²) >= 11 is 3.35. The third-order valence-electron chi connectivity index (χ3n) is 2.15. The van der Waals surface area contributed by atoms with Gasteiger partial charge in [-0.2, -0.15) is 5.10 Å². The highest BCUT2D eigenvalue weighted by Gasteiger charge is 2.15. The lowest BCUT2D eigenvalue weighted by Crippen LogP contribution is -2.33. The van der Waals surface area contributed by atoms with Crippen molar-refractivity contribution in [3.05, 3.63) is 18.0 Å². The van der Waals surface area contributed by atoms with Gasteiger partial charge >= 0.3 is 0 Å². The predicted molar refractivity (Wildman–Crippen MR) is 63.2 cm³/mol. The van der Waals surface area contributed by atoms with Crippen LogP contribution in [0.15, 0.2) is 12.3 Å². The maximum absolute atomic E-state index is 11.9. The zero-order valence-electron chi connectivity index (χ0n) is 8.87. The van der Waals surface area contributed by atoms with Gasteiger partial charge in [-0.05, 0) is 12.5 Å². The molecule has 0 aliphatic rings. The molecule has 1 amide bonds. The van der Waals surface area contributed by atoms with Crippen LogP contribution in [0.3, 0.4) is 0 Å². The number of hydrogen-bond donors (Lipinski definition) is 1. The molecule has 1 aromatic rings. The van der Waals surface area contributed by atoms with Crippen molar-refractivity contribution in [1.29, 1.82) is 0 Å². The predicted octanol–water partition coefficient (Wildman–Crippen LogP) is 2.05. The Balaban J connectivity index is 2.58. The molecule has 0 unspecified atom stereocenters. The highest BCUT2D eigenvalue weighted by atomic mass is 79.9. The minimum absolute atomic E-state index is 0.0281. The first kappa shape index (κ1) is 12.2. The van der Waals surface area contributed by atoms with Crippen molar-refractivity contribution in [2.45, 2.75) is 19.8 Å². The third-order valence-corrected chi connectivity index (χ3v) is 2.51. The highest BCUT2D eigenvalue weighted by Crippen LogP contribution is 2.03. The molecule has 1 aromatic heterocycles. The van der Waals surface area contributed by atoms with E-state index in [1.807, 2.05) is 4.90 Å². The molecule has 0 aromatic carbocycles. The third kappa shape index (κ3) is 3.66. The van der Waals surface area contributed by atoms with Crippen molar-refractivity contribution < 1.29 is 4.79 Å². The van der Waals surface area contributed by atoms with Crippen molar-refractivity contribution in [2.75, 3.05) is 18.4 Å². The number of unbranched alkanes of at least 4 members (excludes halogenated alkanes) is 1. The van der Waals surface area contributed by atoms with Gasteiger partial charge in [-0.15, -0.1) is 0 Å². The van der Waals surface area contributed by atoms with E-state index in [-0.39, 0.29) is 5.91 Å². The van der Waals surface area contributed by atoms with Gasteiger partial charge in [0.1, 0.15) is 5.69 Å². The van der Waals surface area contributed by atoms with Crippen LogP contribution in [0.1, 0.15) is 30.3 Å². The Labute approximate surface area is 98.2 Å². The molecule has 4 nitrogen and oxygen atoms in total. The monoisotopic (exact) mass is 273 g/mol. The average molecular weight is 274 g/mol. The maximum Gasteiger partial charge on any atom is 0.271 e. The van der Waals surface area contributed by atoms with Crippen LogP contribution in [0.4, 0.5) is 0 Å². The molecule has 15 heavy (non-hydrogen) atoms. The number of H-pyrrole nitrogens is 1. The van der Waals surface area contributed by atoms with E-state index in [4.69, 9.17) is 0 Å². The van der Waals surface area contributed by atoms with Gasteiger partial charge in [0, 0.05) is 24.6 Å². The number of halogens is 1. The summed E-state index contributed by atoms with van der Waals surface area (Å²) in [6, 6.07) is 1.70. The van der Waals surface area contributed by atoms with Crippen molar-refractivity contribution in [3.63, 3.8) is 0 Å². The molecular formula is C10H16BrN3O. The van der Waals surface area contributed by atoms with E-state index in [0.717, 1.165) is 31.3 Å². The summed E-state index contributed by atoms with van der Waals surface area (Å²) < 4.78 is 0. The number of nitrogens with zero attached hydrogens (tertiary/aromatic N) is 2. The fraction of sp³-hybridized carbons (Fsp3) is 0.600. The van der Waals surface area contributed by atoms with Crippen LogP contribution < -0.4 is 0 Å². The van der Waals surface area contributed by atoms with Gasteiger partial charge in [0.25, 0.3) is 5.91 Å². The van der Waals surface area contributed by atoms with E-state index in [0.29, 0.717) is 5.69 Å². The van der Waals surface area contributed by atoms with Crippen LogP contribution in [0, 0.1) is 0 Å². The lowest BCUT2D eigenvalue weighted by atomic mass is 10.3. The van der Waals surface area contributed by atoms with E-state index in [9.17, 15) is 4.79 Å². The van der Waals surface area contributed by atoms with Crippen LogP contribution in [-0.4, -0.2) is 39.4 Å². The van der Waals surface area contributed by atoms with Gasteiger partial charge in [0.05, 0.1) is 0 Å². The van der Waals surface area contributed by atoms with E-state index >= 15 is 0 Å². The van der Waals surface area contributed by atoms with Crippen molar-refractivity contribution in [2.24, 2.45) is 0 Å². The molecule has 0 aliphatic carbocycles. The average Bonchev–Trinajstić information content (AvgIpc) is 2.76. The van der Waals surface area contributed by atoms with Crippen LogP contribution in [0.2, 0.25) is 0 Å². The first-order chi connectivity index (χ1) is 7.29. The minimum atomic E-state index is 0.0281. The zero-order valence-corrected chi connectivity index (χ0v) is 10.5. The molecule has 0 spiro atoms. The quantitative estimate of drug-likeness (QED) is 0.807. The Bertz CT molecular complexity index is 287. The van der Waals surface area contributed by atoms with Crippen LogP contribution in [0.25, 0.3) is 0 Å². The summed E-state index contributed by atoms with van der Waals surface area (Å²) in [5, 5.41) is 7.28. The van der Waals surface area contributed by atoms with Crippen LogP contribution >= 0.6 is 15.9 Å². The summed E-state index contributed by atoms with van der Waals surface area (Å²) in [4.78, 5) is 13.8. The van der Waals surface area contributed by atoms with Crippen LogP contribution in [0.5, 0.6) is 0 Å². The number of aromatic nitrogens is 2. The van der Waals surface area contributed by atoms with Gasteiger partial charge in [-0.25, -0.2) is 0 Å². The van der Waals surface area contributed by atoms with Crippen molar-refractivity contribution in [1.82, 2.24) is 15.1 Å². The normalized spacial score (nSPS) is 10.3. The number of carbonyl (C=O) groups is 1. The summed E-state index contributed by atoms with van der Waals surface area (Å²) in [6.07, 6.45) is 3.72. The number of alkyl halides is 1. The molecule has 0 atom stereocenters. The fourth-order valence-corrected chi connectivity index (χ4v) is 1.74. The molecule has 1 rings (SSSR count). The van der Waals surface area contributed by atoms with Crippen molar-refractivity contribution in [3.8, 4) is 0 Å². The van der Waals surface area contributed by atoms with Gasteiger partial charge in [0.2, 0.25) is 0 Å². The van der Waals surface area contributed by atoms with E-state index in [1.165, 1.54) is 0 Å². The van der Waals surface area contributed by atoms with E-state index in [2.05, 4.69) is 33.1 Å². The number of aromatic amines is 1. The van der Waals surface area contributed by atoms with Crippen LogP contribution in [-0.2, 0) is 0 Å². The second-order valence-electron chi connectivity index (χ2n) is 3.31. The topological polar surface area (TPSA) is 49.0 Å². The summed E-state index contributed by atoms with van der Waals surface area (Å²) in [5.74, 6) is 0.0281. The first-order valence-electron chi connectivity index (χ1n) is 5.14. The number of hydrogen-bond acceptors (Lipinski definition) is 2. The summed E-state index contributed by atoms with van der Waals surface area (Å²) in [7, 11) is 0. The molecule has 0 saturated heterocycles. The maximum atomic E-state index is 11.9. The highest BCUT2D eigenvalue weighted by molar-refractivity contribution is 9.09. The second kappa shape index (κ2) is 6.61. The van der Waals surface area contributed by atoms with Gasteiger partial charge < -0.3 is 4.90 Å². The standard InChI is InChI=1S/C10H16BrN3O/c1-2-3-7-14(8-5-11)10(15)9-4-6-12-13-9/h4,6H,2-3,5,7-8H2,1H3,(H,12,13). The molecule has 5 heteroatoms. The fourth-order valence-electron chi connectivity index (χ4n) is 1.31. The molecule has 0 radical (unpaired) electrons. The summed E-state index contributed by atoms with van der Waals surface area (Å²) in [5.41, 5.74) is 0.562. The SMILES string of the molecule is CCCCN(CCBr)C(=O)c1ccn[nH]1. The van der Waals surface area contributed by atoms with Gasteiger partial charge in [-0.3, -0.25) is 9.89 Å². The summed E-state index contributed by atoms with van der Waals surface area (Å²) in [6.45, 7) is 3.66. The number of carbonyl (C=O) groups excluding carboxylic acids is 1. The molecule has 84 valence electrons. The van der Waals surface area contributed by atoms with Gasteiger partial charge in [-0.1, -0.05) is 29.3 Å². The zero-order chi connectivity index (χ0) is 11.1. The Kier molecular flexibility index (Phi) is 5.39. The largest absolute Gasteiger partial charge is 0.336 e. The Morgan fingerprint density at radius 3 is 2.93 bits per heavy atom. The number of amides is 1. The Morgan fingerprint density at radius 2 is 2.40 bits per heavy atom. The minimum Gasteiger partial charge on any atom is -0.336 e. The van der Waals surface area contributed by atoms with Gasteiger partial charge in [0.15, 0.2) is 0 Å². The Morgan fingerprint density at radius 1 is 1.60 bits per heavy atom. The molecule has 0 bridgehead atoms. The lowest BCUT2D eigenvalue weighted by Gasteiger charge is -2.20. The van der Waals surface area contributed by atoms with E-state index in [1.54, 1.807) is 12.3 Å². The smallest absolute Gasteiger partial charge is 0.271 e. The number of nitrogens with one attached hydrogen (secondary N) is 1. The van der Waals surface area contributed by atoms with E-state index < -0.39 is 0 Å². The van der Waals surface area contributed by atoms with Crippen molar-refractivity contribution >= 4 is 21.8 Å². The first-order valence-corrected chi connectivity index (χ1v) is 6.26.